The maximum atomic E-state index is 11.9. The number of amides is 1. The van der Waals surface area contributed by atoms with E-state index in [0.717, 1.165) is 0 Å². The summed E-state index contributed by atoms with van der Waals surface area (Å²) in [4.78, 5) is 22.7. The first-order chi connectivity index (χ1) is 9.08. The maximum absolute atomic E-state index is 11.9. The second kappa shape index (κ2) is 6.01. The zero-order chi connectivity index (χ0) is 13.8. The van der Waals surface area contributed by atoms with E-state index in [1.807, 2.05) is 0 Å². The fourth-order valence-corrected chi connectivity index (χ4v) is 1.93. The first kappa shape index (κ1) is 13.8. The van der Waals surface area contributed by atoms with E-state index in [-0.39, 0.29) is 16.5 Å². The molecule has 0 radical (unpaired) electrons. The number of hydrogen-bond donors (Lipinski definition) is 3. The molecule has 1 saturated heterocycles. The molecule has 0 bridgehead atoms. The van der Waals surface area contributed by atoms with Gasteiger partial charge in [-0.15, -0.1) is 0 Å². The minimum absolute atomic E-state index is 0.0714. The number of ether oxygens (including phenoxy) is 1. The largest absolute Gasteiger partial charge is 0.478 e. The quantitative estimate of drug-likeness (QED) is 0.770. The summed E-state index contributed by atoms with van der Waals surface area (Å²) in [5.74, 6) is -1.33. The van der Waals surface area contributed by atoms with Gasteiger partial charge in [-0.3, -0.25) is 4.79 Å². The number of anilines is 1. The Bertz CT molecular complexity index is 501. The lowest BCUT2D eigenvalue weighted by Gasteiger charge is -2.23. The van der Waals surface area contributed by atoms with Crippen LogP contribution in [0.1, 0.15) is 10.4 Å². The van der Waals surface area contributed by atoms with Crippen LogP contribution in [0.3, 0.4) is 0 Å². The number of carbonyl (C=O) groups excluding carboxylic acids is 1. The Morgan fingerprint density at radius 1 is 1.47 bits per heavy atom. The maximum Gasteiger partial charge on any atom is 0.335 e. The molecule has 19 heavy (non-hydrogen) atoms. The van der Waals surface area contributed by atoms with Crippen molar-refractivity contribution in [2.24, 2.45) is 0 Å². The SMILES string of the molecule is O=C(O)c1ccc(NC(=O)C2COCCN2)c(Cl)c1. The molecule has 1 heterocycles. The standard InChI is InChI=1S/C12H13ClN2O4/c13-8-5-7(12(17)18)1-2-9(8)15-11(16)10-6-19-4-3-14-10/h1-2,5,10,14H,3-4,6H2,(H,15,16)(H,17,18). The Kier molecular flexibility index (Phi) is 4.36. The van der Waals surface area contributed by atoms with Crippen LogP contribution in [-0.4, -0.2) is 42.8 Å². The van der Waals surface area contributed by atoms with Gasteiger partial charge in [0.15, 0.2) is 0 Å². The number of rotatable bonds is 3. The second-order valence-corrected chi connectivity index (χ2v) is 4.48. The number of carboxylic acid groups (broad SMARTS) is 1. The van der Waals surface area contributed by atoms with E-state index in [2.05, 4.69) is 10.6 Å². The molecule has 1 unspecified atom stereocenters. The smallest absolute Gasteiger partial charge is 0.335 e. The summed E-state index contributed by atoms with van der Waals surface area (Å²) in [7, 11) is 0. The van der Waals surface area contributed by atoms with Crippen LogP contribution in [0.4, 0.5) is 5.69 Å². The predicted molar refractivity (Wildman–Crippen MR) is 69.7 cm³/mol. The van der Waals surface area contributed by atoms with Gasteiger partial charge in [-0.25, -0.2) is 4.79 Å². The molecule has 2 rings (SSSR count). The Morgan fingerprint density at radius 2 is 2.26 bits per heavy atom. The van der Waals surface area contributed by atoms with Crippen molar-refractivity contribution in [2.75, 3.05) is 25.1 Å². The van der Waals surface area contributed by atoms with Crippen LogP contribution in [0, 0.1) is 0 Å². The van der Waals surface area contributed by atoms with E-state index in [1.54, 1.807) is 0 Å². The molecule has 102 valence electrons. The summed E-state index contributed by atoms with van der Waals surface area (Å²) in [6, 6.07) is 3.72. The highest BCUT2D eigenvalue weighted by Gasteiger charge is 2.21. The third kappa shape index (κ3) is 3.44. The van der Waals surface area contributed by atoms with Crippen molar-refractivity contribution in [1.82, 2.24) is 5.32 Å². The topological polar surface area (TPSA) is 87.7 Å². The molecule has 1 aromatic carbocycles. The number of benzene rings is 1. The molecule has 1 amide bonds. The van der Waals surface area contributed by atoms with Gasteiger partial charge in [0.1, 0.15) is 6.04 Å². The molecular weight excluding hydrogens is 272 g/mol. The van der Waals surface area contributed by atoms with Crippen LogP contribution in [0.5, 0.6) is 0 Å². The molecule has 1 atom stereocenters. The monoisotopic (exact) mass is 284 g/mol. The van der Waals surface area contributed by atoms with Crippen LogP contribution < -0.4 is 10.6 Å². The van der Waals surface area contributed by atoms with Crippen LogP contribution >= 0.6 is 11.6 Å². The number of morpholine rings is 1. The molecule has 3 N–H and O–H groups in total. The van der Waals surface area contributed by atoms with E-state index in [0.29, 0.717) is 25.4 Å². The molecule has 6 nitrogen and oxygen atoms in total. The van der Waals surface area contributed by atoms with Crippen molar-refractivity contribution < 1.29 is 19.4 Å². The summed E-state index contributed by atoms with van der Waals surface area (Å²) in [5, 5.41) is 14.7. The fraction of sp³-hybridized carbons (Fsp3) is 0.333. The van der Waals surface area contributed by atoms with Gasteiger partial charge in [0, 0.05) is 6.54 Å². The van der Waals surface area contributed by atoms with E-state index in [9.17, 15) is 9.59 Å². The van der Waals surface area contributed by atoms with Gasteiger partial charge in [-0.05, 0) is 18.2 Å². The van der Waals surface area contributed by atoms with Gasteiger partial charge in [-0.2, -0.15) is 0 Å². The lowest BCUT2D eigenvalue weighted by molar-refractivity contribution is -0.120. The normalized spacial score (nSPS) is 18.9. The van der Waals surface area contributed by atoms with Crippen molar-refractivity contribution in [3.05, 3.63) is 28.8 Å². The van der Waals surface area contributed by atoms with Gasteiger partial charge >= 0.3 is 5.97 Å². The molecule has 1 aromatic rings. The summed E-state index contributed by atoms with van der Waals surface area (Å²) in [6.45, 7) is 1.50. The third-order valence-electron chi connectivity index (χ3n) is 2.71. The lowest BCUT2D eigenvalue weighted by atomic mass is 10.2. The molecule has 1 fully saturated rings. The van der Waals surface area contributed by atoms with Gasteiger partial charge in [0.2, 0.25) is 5.91 Å². The van der Waals surface area contributed by atoms with E-state index < -0.39 is 12.0 Å². The summed E-state index contributed by atoms with van der Waals surface area (Å²) < 4.78 is 5.19. The highest BCUT2D eigenvalue weighted by molar-refractivity contribution is 6.34. The Hall–Kier alpha value is -1.63. The number of halogens is 1. The molecule has 1 aliphatic heterocycles. The van der Waals surface area contributed by atoms with E-state index >= 15 is 0 Å². The average Bonchev–Trinajstić information content (AvgIpc) is 2.41. The highest BCUT2D eigenvalue weighted by atomic mass is 35.5. The van der Waals surface area contributed by atoms with Crippen LogP contribution in [0.15, 0.2) is 18.2 Å². The van der Waals surface area contributed by atoms with E-state index in [1.165, 1.54) is 18.2 Å². The molecule has 7 heteroatoms. The number of hydrogen-bond acceptors (Lipinski definition) is 4. The first-order valence-electron chi connectivity index (χ1n) is 5.73. The molecule has 1 aliphatic rings. The highest BCUT2D eigenvalue weighted by Crippen LogP contribution is 2.23. The summed E-state index contributed by atoms with van der Waals surface area (Å²) in [5.41, 5.74) is 0.450. The third-order valence-corrected chi connectivity index (χ3v) is 3.02. The van der Waals surface area contributed by atoms with Gasteiger partial charge in [0.25, 0.3) is 0 Å². The summed E-state index contributed by atoms with van der Waals surface area (Å²) in [6.07, 6.45) is 0. The predicted octanol–water partition coefficient (Wildman–Crippen LogP) is 0.965. The number of carbonyl (C=O) groups is 2. The molecule has 0 spiro atoms. The van der Waals surface area contributed by atoms with Gasteiger partial charge in [-0.1, -0.05) is 11.6 Å². The Balaban J connectivity index is 2.06. The molecule has 0 saturated carbocycles. The Morgan fingerprint density at radius 3 is 2.84 bits per heavy atom. The summed E-state index contributed by atoms with van der Waals surface area (Å²) >= 11 is 5.93. The Labute approximate surface area is 114 Å². The van der Waals surface area contributed by atoms with Crippen molar-refractivity contribution in [3.63, 3.8) is 0 Å². The molecule has 0 aliphatic carbocycles. The van der Waals surface area contributed by atoms with Crippen LogP contribution in [-0.2, 0) is 9.53 Å². The lowest BCUT2D eigenvalue weighted by Crippen LogP contribution is -2.48. The average molecular weight is 285 g/mol. The minimum atomic E-state index is -1.07. The fourth-order valence-electron chi connectivity index (χ4n) is 1.70. The minimum Gasteiger partial charge on any atom is -0.478 e. The van der Waals surface area contributed by atoms with Crippen molar-refractivity contribution in [1.29, 1.82) is 0 Å². The van der Waals surface area contributed by atoms with Gasteiger partial charge < -0.3 is 20.5 Å². The van der Waals surface area contributed by atoms with E-state index in [4.69, 9.17) is 21.4 Å². The zero-order valence-corrected chi connectivity index (χ0v) is 10.7. The van der Waals surface area contributed by atoms with Crippen molar-refractivity contribution in [2.45, 2.75) is 6.04 Å². The van der Waals surface area contributed by atoms with Crippen LogP contribution in [0.25, 0.3) is 0 Å². The molecule has 0 aromatic heterocycles. The van der Waals surface area contributed by atoms with Gasteiger partial charge in [0.05, 0.1) is 29.5 Å². The number of carboxylic acids is 1. The number of aromatic carboxylic acids is 1. The zero-order valence-electron chi connectivity index (χ0n) is 9.98. The second-order valence-electron chi connectivity index (χ2n) is 4.07. The van der Waals surface area contributed by atoms with Crippen LogP contribution in [0.2, 0.25) is 5.02 Å². The van der Waals surface area contributed by atoms with Crippen molar-refractivity contribution >= 4 is 29.2 Å². The first-order valence-corrected chi connectivity index (χ1v) is 6.10. The molecular formula is C12H13ClN2O4. The van der Waals surface area contributed by atoms with Crippen molar-refractivity contribution in [3.8, 4) is 0 Å². The number of nitrogens with one attached hydrogen (secondary N) is 2.